The Kier molecular flexibility index (Phi) is 3.09. The molecule has 1 aliphatic heterocycles. The van der Waals surface area contributed by atoms with Gasteiger partial charge in [0.2, 0.25) is 5.88 Å². The van der Waals surface area contributed by atoms with Crippen LogP contribution in [0.2, 0.25) is 0 Å². The third-order valence-electron chi connectivity index (χ3n) is 3.02. The van der Waals surface area contributed by atoms with E-state index in [2.05, 4.69) is 4.98 Å². The average molecular weight is 269 g/mol. The fourth-order valence-electron chi connectivity index (χ4n) is 1.95. The van der Waals surface area contributed by atoms with Crippen LogP contribution in [0.25, 0.3) is 0 Å². The van der Waals surface area contributed by atoms with E-state index in [0.717, 1.165) is 0 Å². The molecule has 0 radical (unpaired) electrons. The molecule has 3 rings (SSSR count). The number of nitrogens with zero attached hydrogens (tertiary/aromatic N) is 3. The van der Waals surface area contributed by atoms with Crippen molar-refractivity contribution >= 4 is 5.91 Å². The molecule has 0 N–H and O–H groups in total. The van der Waals surface area contributed by atoms with Crippen molar-refractivity contribution in [3.63, 3.8) is 0 Å². The lowest BCUT2D eigenvalue weighted by molar-refractivity contribution is 0.0138. The fraction of sp³-hybridized carbons (Fsp3) is 0.214. The third kappa shape index (κ3) is 2.34. The summed E-state index contributed by atoms with van der Waals surface area (Å²) in [4.78, 5) is 17.6. The number of hydrogen-bond donors (Lipinski definition) is 0. The summed E-state index contributed by atoms with van der Waals surface area (Å²) in [5, 5.41) is 8.79. The summed E-state index contributed by atoms with van der Waals surface area (Å²) in [6, 6.07) is 8.53. The first-order valence-corrected chi connectivity index (χ1v) is 6.12. The summed E-state index contributed by atoms with van der Waals surface area (Å²) in [7, 11) is 0. The third-order valence-corrected chi connectivity index (χ3v) is 3.02. The highest BCUT2D eigenvalue weighted by Crippen LogP contribution is 2.19. The number of aromatic nitrogens is 1. The molecule has 1 fully saturated rings. The van der Waals surface area contributed by atoms with E-state index in [9.17, 15) is 4.79 Å². The van der Waals surface area contributed by atoms with Gasteiger partial charge < -0.3 is 14.1 Å². The Morgan fingerprint density at radius 1 is 1.50 bits per heavy atom. The molecule has 2 aromatic heterocycles. The molecule has 0 aliphatic carbocycles. The summed E-state index contributed by atoms with van der Waals surface area (Å²) in [6.07, 6.45) is 2.90. The molecular weight excluding hydrogens is 258 g/mol. The predicted octanol–water partition coefficient (Wildman–Crippen LogP) is 1.45. The van der Waals surface area contributed by atoms with Gasteiger partial charge in [-0.25, -0.2) is 4.98 Å². The zero-order chi connectivity index (χ0) is 13.9. The molecule has 1 saturated heterocycles. The molecule has 3 heterocycles. The normalized spacial score (nSPS) is 14.4. The minimum Gasteiger partial charge on any atom is -0.471 e. The largest absolute Gasteiger partial charge is 0.471 e. The molecule has 0 unspecified atom stereocenters. The summed E-state index contributed by atoms with van der Waals surface area (Å²) in [5.74, 6) is 0.584. The fourth-order valence-corrected chi connectivity index (χ4v) is 1.95. The van der Waals surface area contributed by atoms with Gasteiger partial charge in [-0.3, -0.25) is 4.79 Å². The number of hydrogen-bond acceptors (Lipinski definition) is 5. The maximum absolute atomic E-state index is 11.9. The maximum Gasteiger partial charge on any atom is 0.289 e. The highest BCUT2D eigenvalue weighted by Gasteiger charge is 2.34. The van der Waals surface area contributed by atoms with E-state index in [1.807, 2.05) is 6.07 Å². The Balaban J connectivity index is 1.56. The quantitative estimate of drug-likeness (QED) is 0.842. The van der Waals surface area contributed by atoms with E-state index >= 15 is 0 Å². The highest BCUT2D eigenvalue weighted by atomic mass is 16.5. The molecular formula is C14H11N3O3. The molecule has 0 aromatic carbocycles. The summed E-state index contributed by atoms with van der Waals surface area (Å²) >= 11 is 0. The molecule has 0 spiro atoms. The second-order valence-corrected chi connectivity index (χ2v) is 4.42. The Morgan fingerprint density at radius 2 is 2.35 bits per heavy atom. The lowest BCUT2D eigenvalue weighted by Crippen LogP contribution is -2.56. The number of pyridine rings is 1. The van der Waals surface area contributed by atoms with Crippen LogP contribution in [-0.2, 0) is 0 Å². The molecule has 1 aliphatic rings. The van der Waals surface area contributed by atoms with Crippen LogP contribution in [0, 0.1) is 11.3 Å². The Labute approximate surface area is 115 Å². The maximum atomic E-state index is 11.9. The summed E-state index contributed by atoms with van der Waals surface area (Å²) in [6.45, 7) is 0.968. The zero-order valence-corrected chi connectivity index (χ0v) is 10.5. The lowest BCUT2D eigenvalue weighted by atomic mass is 10.1. The van der Waals surface area contributed by atoms with Gasteiger partial charge in [-0.2, -0.15) is 5.26 Å². The van der Waals surface area contributed by atoms with Crippen LogP contribution < -0.4 is 4.74 Å². The van der Waals surface area contributed by atoms with Crippen LogP contribution in [0.4, 0.5) is 0 Å². The van der Waals surface area contributed by atoms with E-state index < -0.39 is 0 Å². The van der Waals surface area contributed by atoms with Gasteiger partial charge in [0.15, 0.2) is 5.76 Å². The van der Waals surface area contributed by atoms with Crippen molar-refractivity contribution < 1.29 is 13.9 Å². The predicted molar refractivity (Wildman–Crippen MR) is 68.0 cm³/mol. The van der Waals surface area contributed by atoms with Gasteiger partial charge in [-0.05, 0) is 18.2 Å². The second kappa shape index (κ2) is 5.05. The molecule has 6 heteroatoms. The first-order valence-electron chi connectivity index (χ1n) is 6.12. The first-order chi connectivity index (χ1) is 9.76. The topological polar surface area (TPSA) is 79.4 Å². The van der Waals surface area contributed by atoms with Crippen molar-refractivity contribution in [3.05, 3.63) is 48.0 Å². The van der Waals surface area contributed by atoms with Crippen LogP contribution in [0.1, 0.15) is 16.1 Å². The smallest absolute Gasteiger partial charge is 0.289 e. The van der Waals surface area contributed by atoms with E-state index in [1.54, 1.807) is 29.2 Å². The van der Waals surface area contributed by atoms with Crippen LogP contribution in [0.15, 0.2) is 41.1 Å². The van der Waals surface area contributed by atoms with Crippen LogP contribution in [0.5, 0.6) is 5.88 Å². The number of rotatable bonds is 3. The van der Waals surface area contributed by atoms with Gasteiger partial charge in [0.1, 0.15) is 6.10 Å². The Bertz CT molecular complexity index is 655. The van der Waals surface area contributed by atoms with Gasteiger partial charge in [0.05, 0.1) is 31.0 Å². The Hall–Kier alpha value is -2.81. The molecule has 20 heavy (non-hydrogen) atoms. The molecule has 1 amide bonds. The van der Waals surface area contributed by atoms with Crippen molar-refractivity contribution in [3.8, 4) is 11.9 Å². The standard InChI is InChI=1S/C14H11N3O3/c15-7-10-3-4-16-13(6-10)20-11-8-17(9-11)14(18)12-2-1-5-19-12/h1-6,11H,8-9H2. The number of carbonyl (C=O) groups excluding carboxylic acids is 1. The zero-order valence-electron chi connectivity index (χ0n) is 10.5. The second-order valence-electron chi connectivity index (χ2n) is 4.42. The van der Waals surface area contributed by atoms with Crippen LogP contribution in [-0.4, -0.2) is 35.0 Å². The van der Waals surface area contributed by atoms with Crippen LogP contribution >= 0.6 is 0 Å². The van der Waals surface area contributed by atoms with E-state index in [4.69, 9.17) is 14.4 Å². The number of ether oxygens (including phenoxy) is 1. The van der Waals surface area contributed by atoms with Gasteiger partial charge in [0.25, 0.3) is 5.91 Å². The van der Waals surface area contributed by atoms with Gasteiger partial charge in [-0.1, -0.05) is 0 Å². The first kappa shape index (κ1) is 12.2. The van der Waals surface area contributed by atoms with E-state index in [0.29, 0.717) is 30.3 Å². The van der Waals surface area contributed by atoms with E-state index in [1.165, 1.54) is 12.5 Å². The summed E-state index contributed by atoms with van der Waals surface area (Å²) < 4.78 is 10.7. The average Bonchev–Trinajstić information content (AvgIpc) is 2.96. The highest BCUT2D eigenvalue weighted by molar-refractivity contribution is 5.92. The molecule has 2 aromatic rings. The van der Waals surface area contributed by atoms with Crippen molar-refractivity contribution in [2.45, 2.75) is 6.10 Å². The van der Waals surface area contributed by atoms with Crippen molar-refractivity contribution in [2.75, 3.05) is 13.1 Å². The number of furan rings is 1. The molecule has 0 saturated carbocycles. The monoisotopic (exact) mass is 269 g/mol. The van der Waals surface area contributed by atoms with E-state index in [-0.39, 0.29) is 12.0 Å². The minimum absolute atomic E-state index is 0.102. The molecule has 100 valence electrons. The van der Waals surface area contributed by atoms with Crippen molar-refractivity contribution in [1.82, 2.24) is 9.88 Å². The molecule has 0 atom stereocenters. The summed E-state index contributed by atoms with van der Waals surface area (Å²) in [5.41, 5.74) is 0.498. The SMILES string of the molecule is N#Cc1ccnc(OC2CN(C(=O)c3ccco3)C2)c1. The number of nitriles is 1. The Morgan fingerprint density at radius 3 is 3.05 bits per heavy atom. The van der Waals surface area contributed by atoms with Crippen LogP contribution in [0.3, 0.4) is 0 Å². The molecule has 6 nitrogen and oxygen atoms in total. The molecule has 0 bridgehead atoms. The van der Waals surface area contributed by atoms with Gasteiger partial charge in [-0.15, -0.1) is 0 Å². The minimum atomic E-state index is -0.145. The van der Waals surface area contributed by atoms with Crippen molar-refractivity contribution in [2.24, 2.45) is 0 Å². The lowest BCUT2D eigenvalue weighted by Gasteiger charge is -2.38. The van der Waals surface area contributed by atoms with Gasteiger partial charge in [0, 0.05) is 12.3 Å². The number of likely N-dealkylation sites (tertiary alicyclic amines) is 1. The van der Waals surface area contributed by atoms with Gasteiger partial charge >= 0.3 is 0 Å². The number of carbonyl (C=O) groups is 1. The number of amides is 1. The van der Waals surface area contributed by atoms with Crippen molar-refractivity contribution in [1.29, 1.82) is 5.26 Å².